The predicted molar refractivity (Wildman–Crippen MR) is 131 cm³/mol. The molecule has 0 aliphatic heterocycles. The van der Waals surface area contributed by atoms with Crippen LogP contribution < -0.4 is 11.2 Å². The SMILES string of the molecule is CC(C)Cn1c(=O)n(C)c(=O)c2c(C3CCCCC3)n(Cc3ccnc4ccccc34)nc21. The molecule has 0 unspecified atom stereocenters. The van der Waals surface area contributed by atoms with Gasteiger partial charge in [-0.15, -0.1) is 0 Å². The third-order valence-electron chi connectivity index (χ3n) is 6.86. The van der Waals surface area contributed by atoms with E-state index in [1.807, 2.05) is 35.1 Å². The van der Waals surface area contributed by atoms with Crippen LogP contribution in [-0.4, -0.2) is 23.9 Å². The van der Waals surface area contributed by atoms with Crippen LogP contribution in [0.4, 0.5) is 0 Å². The summed E-state index contributed by atoms with van der Waals surface area (Å²) >= 11 is 0. The number of pyridine rings is 1. The van der Waals surface area contributed by atoms with Crippen LogP contribution in [0.15, 0.2) is 46.1 Å². The molecule has 3 aromatic heterocycles. The molecule has 0 bridgehead atoms. The molecule has 0 N–H and O–H groups in total. The van der Waals surface area contributed by atoms with E-state index in [1.165, 1.54) is 11.0 Å². The van der Waals surface area contributed by atoms with Crippen LogP contribution in [0.3, 0.4) is 0 Å². The third kappa shape index (κ3) is 3.79. The van der Waals surface area contributed by atoms with Gasteiger partial charge >= 0.3 is 5.69 Å². The van der Waals surface area contributed by atoms with Gasteiger partial charge in [0.15, 0.2) is 5.65 Å². The van der Waals surface area contributed by atoms with E-state index in [4.69, 9.17) is 5.10 Å². The Morgan fingerprint density at radius 1 is 1.06 bits per heavy atom. The lowest BCUT2D eigenvalue weighted by Crippen LogP contribution is -2.39. The van der Waals surface area contributed by atoms with Gasteiger partial charge in [0, 0.05) is 31.1 Å². The monoisotopic (exact) mass is 445 g/mol. The van der Waals surface area contributed by atoms with Gasteiger partial charge in [0.05, 0.1) is 17.8 Å². The van der Waals surface area contributed by atoms with Gasteiger partial charge in [-0.1, -0.05) is 51.3 Å². The summed E-state index contributed by atoms with van der Waals surface area (Å²) in [5.41, 5.74) is 3.04. The largest absolute Gasteiger partial charge is 0.332 e. The summed E-state index contributed by atoms with van der Waals surface area (Å²) in [7, 11) is 1.58. The Kier molecular flexibility index (Phi) is 5.64. The molecular weight excluding hydrogens is 414 g/mol. The Labute approximate surface area is 192 Å². The van der Waals surface area contributed by atoms with Crippen molar-refractivity contribution in [2.75, 3.05) is 0 Å². The molecule has 0 atom stereocenters. The highest BCUT2D eigenvalue weighted by Crippen LogP contribution is 2.36. The molecule has 5 rings (SSSR count). The summed E-state index contributed by atoms with van der Waals surface area (Å²) in [6.07, 6.45) is 7.46. The molecule has 172 valence electrons. The zero-order valence-corrected chi connectivity index (χ0v) is 19.6. The quantitative estimate of drug-likeness (QED) is 0.461. The second-order valence-electron chi connectivity index (χ2n) is 9.71. The first kappa shape index (κ1) is 21.6. The van der Waals surface area contributed by atoms with Gasteiger partial charge < -0.3 is 0 Å². The van der Waals surface area contributed by atoms with Crippen molar-refractivity contribution in [1.82, 2.24) is 23.9 Å². The molecule has 33 heavy (non-hydrogen) atoms. The van der Waals surface area contributed by atoms with E-state index in [9.17, 15) is 9.59 Å². The van der Waals surface area contributed by atoms with Crippen LogP contribution >= 0.6 is 0 Å². The van der Waals surface area contributed by atoms with Gasteiger partial charge in [0.1, 0.15) is 5.39 Å². The lowest BCUT2D eigenvalue weighted by Gasteiger charge is -2.23. The van der Waals surface area contributed by atoms with Crippen LogP contribution in [0.25, 0.3) is 21.9 Å². The Morgan fingerprint density at radius 2 is 1.82 bits per heavy atom. The molecule has 7 heteroatoms. The molecule has 1 aliphatic rings. The lowest BCUT2D eigenvalue weighted by molar-refractivity contribution is 0.422. The molecule has 4 aromatic rings. The molecule has 1 aliphatic carbocycles. The van der Waals surface area contributed by atoms with E-state index in [0.717, 1.165) is 47.8 Å². The number of nitrogens with zero attached hydrogens (tertiary/aromatic N) is 5. The molecule has 1 saturated carbocycles. The average Bonchev–Trinajstić information content (AvgIpc) is 3.20. The molecule has 0 amide bonds. The van der Waals surface area contributed by atoms with Gasteiger partial charge in [-0.05, 0) is 36.5 Å². The van der Waals surface area contributed by atoms with E-state index in [0.29, 0.717) is 24.1 Å². The van der Waals surface area contributed by atoms with E-state index >= 15 is 0 Å². The molecule has 7 nitrogen and oxygen atoms in total. The number of para-hydroxylation sites is 1. The zero-order valence-electron chi connectivity index (χ0n) is 19.6. The fraction of sp³-hybridized carbons (Fsp3) is 0.462. The van der Waals surface area contributed by atoms with Gasteiger partial charge in [-0.3, -0.25) is 23.6 Å². The van der Waals surface area contributed by atoms with Gasteiger partial charge in [-0.25, -0.2) is 4.79 Å². The number of fused-ring (bicyclic) bond motifs is 2. The molecule has 0 saturated heterocycles. The summed E-state index contributed by atoms with van der Waals surface area (Å²) in [4.78, 5) is 30.9. The summed E-state index contributed by atoms with van der Waals surface area (Å²) in [6, 6.07) is 10.1. The normalized spacial score (nSPS) is 15.2. The van der Waals surface area contributed by atoms with Crippen LogP contribution in [0, 0.1) is 5.92 Å². The average molecular weight is 446 g/mol. The number of benzene rings is 1. The summed E-state index contributed by atoms with van der Waals surface area (Å²) in [6.45, 7) is 5.22. The van der Waals surface area contributed by atoms with Crippen molar-refractivity contribution >= 4 is 21.9 Å². The molecular formula is C26H31N5O2. The highest BCUT2D eigenvalue weighted by atomic mass is 16.2. The summed E-state index contributed by atoms with van der Waals surface area (Å²) in [5, 5.41) is 6.65. The maximum absolute atomic E-state index is 13.4. The topological polar surface area (TPSA) is 74.7 Å². The van der Waals surface area contributed by atoms with Crippen LogP contribution in [-0.2, 0) is 20.1 Å². The lowest BCUT2D eigenvalue weighted by atomic mass is 9.86. The smallest absolute Gasteiger partial charge is 0.276 e. The Balaban J connectivity index is 1.77. The van der Waals surface area contributed by atoms with Crippen molar-refractivity contribution in [2.24, 2.45) is 13.0 Å². The number of aromatic nitrogens is 5. The second-order valence-corrected chi connectivity index (χ2v) is 9.71. The molecule has 3 heterocycles. The fourth-order valence-electron chi connectivity index (χ4n) is 5.28. The molecule has 0 spiro atoms. The van der Waals surface area contributed by atoms with Crippen LogP contribution in [0.5, 0.6) is 0 Å². The van der Waals surface area contributed by atoms with Gasteiger partial charge in [0.25, 0.3) is 5.56 Å². The zero-order chi connectivity index (χ0) is 23.1. The highest BCUT2D eigenvalue weighted by Gasteiger charge is 2.28. The maximum Gasteiger partial charge on any atom is 0.332 e. The van der Waals surface area contributed by atoms with Crippen LogP contribution in [0.1, 0.15) is 63.1 Å². The number of hydrogen-bond donors (Lipinski definition) is 0. The first-order valence-corrected chi connectivity index (χ1v) is 12.0. The molecule has 0 radical (unpaired) electrons. The fourth-order valence-corrected chi connectivity index (χ4v) is 5.28. The van der Waals surface area contributed by atoms with Crippen molar-refractivity contribution in [3.05, 3.63) is 68.6 Å². The van der Waals surface area contributed by atoms with Crippen molar-refractivity contribution in [1.29, 1.82) is 0 Å². The Hall–Kier alpha value is -3.22. The van der Waals surface area contributed by atoms with Crippen molar-refractivity contribution in [3.8, 4) is 0 Å². The maximum atomic E-state index is 13.4. The Morgan fingerprint density at radius 3 is 2.58 bits per heavy atom. The van der Waals surface area contributed by atoms with E-state index in [1.54, 1.807) is 11.6 Å². The van der Waals surface area contributed by atoms with E-state index in [2.05, 4.69) is 24.9 Å². The van der Waals surface area contributed by atoms with Crippen molar-refractivity contribution in [2.45, 2.75) is 65.0 Å². The minimum Gasteiger partial charge on any atom is -0.276 e. The van der Waals surface area contributed by atoms with E-state index < -0.39 is 0 Å². The number of rotatable bonds is 5. The molecule has 1 aromatic carbocycles. The van der Waals surface area contributed by atoms with Crippen molar-refractivity contribution < 1.29 is 0 Å². The predicted octanol–water partition coefficient (Wildman–Crippen LogP) is 4.20. The van der Waals surface area contributed by atoms with Crippen molar-refractivity contribution in [3.63, 3.8) is 0 Å². The van der Waals surface area contributed by atoms with Gasteiger partial charge in [0.2, 0.25) is 0 Å². The first-order valence-electron chi connectivity index (χ1n) is 12.0. The first-order chi connectivity index (χ1) is 16.0. The minimum absolute atomic E-state index is 0.235. The van der Waals surface area contributed by atoms with Gasteiger partial charge in [-0.2, -0.15) is 5.10 Å². The summed E-state index contributed by atoms with van der Waals surface area (Å²) in [5.74, 6) is 0.533. The minimum atomic E-state index is -0.296. The standard InChI is InChI=1S/C26H31N5O2/c1-17(2)15-30-24-22(25(32)29(3)26(30)33)23(18-9-5-4-6-10-18)31(28-24)16-19-13-14-27-21-12-8-7-11-20(19)21/h7-8,11-14,17-18H,4-6,9-10,15-16H2,1-3H3. The summed E-state index contributed by atoms with van der Waals surface area (Å²) < 4.78 is 4.94. The highest BCUT2D eigenvalue weighted by molar-refractivity contribution is 5.82. The Bertz CT molecular complexity index is 1430. The van der Waals surface area contributed by atoms with E-state index in [-0.39, 0.29) is 23.1 Å². The van der Waals surface area contributed by atoms with Crippen LogP contribution in [0.2, 0.25) is 0 Å². The molecule has 1 fully saturated rings. The second kappa shape index (κ2) is 8.61. The third-order valence-corrected chi connectivity index (χ3v) is 6.86. The number of hydrogen-bond acceptors (Lipinski definition) is 4.